The molecule has 0 fully saturated rings. The number of aliphatic carboxylic acids is 1. The van der Waals surface area contributed by atoms with Gasteiger partial charge in [-0.3, -0.25) is 0 Å². The fraction of sp³-hybridized carbons (Fsp3) is 0.111. The van der Waals surface area contributed by atoms with Gasteiger partial charge in [0.15, 0.2) is 0 Å². The number of phenols is 1. The minimum atomic E-state index is -2.15. The normalized spacial score (nSPS) is 11.3. The Morgan fingerprint density at radius 3 is 2.53 bits per heavy atom. The van der Waals surface area contributed by atoms with Gasteiger partial charge in [0.05, 0.1) is 7.77 Å². The Kier molecular flexibility index (Phi) is 6.10. The van der Waals surface area contributed by atoms with E-state index >= 15 is 0 Å². The Balaban J connectivity index is 0.00000196. The van der Waals surface area contributed by atoms with E-state index in [1.165, 1.54) is 31.2 Å². The van der Waals surface area contributed by atoms with Crippen LogP contribution in [0.3, 0.4) is 0 Å². The summed E-state index contributed by atoms with van der Waals surface area (Å²) >= 11 is 0. The molecule has 1 N–H and O–H groups in total. The molecule has 1 aromatic carbocycles. The van der Waals surface area contributed by atoms with Gasteiger partial charge in [0.25, 0.3) is 0 Å². The van der Waals surface area contributed by atoms with Gasteiger partial charge in [-0.25, -0.2) is 0 Å². The Hall–Kier alpha value is -0.380. The van der Waals surface area contributed by atoms with Crippen LogP contribution in [0.25, 0.3) is 0 Å². The van der Waals surface area contributed by atoms with Gasteiger partial charge >= 0.3 is 29.6 Å². The van der Waals surface area contributed by atoms with E-state index in [-0.39, 0.29) is 45.9 Å². The van der Waals surface area contributed by atoms with Crippen molar-refractivity contribution in [2.75, 3.05) is 0 Å². The van der Waals surface area contributed by atoms with Crippen LogP contribution >= 0.6 is 7.77 Å². The fourth-order valence-electron chi connectivity index (χ4n) is 0.896. The molecule has 0 aromatic heterocycles. The van der Waals surface area contributed by atoms with Gasteiger partial charge in [0.2, 0.25) is 0 Å². The molecule has 0 aliphatic rings. The summed E-state index contributed by atoms with van der Waals surface area (Å²) < 4.78 is 0. The molecule has 0 saturated carbocycles. The van der Waals surface area contributed by atoms with Gasteiger partial charge < -0.3 is 19.9 Å². The third-order valence-electron chi connectivity index (χ3n) is 1.66. The molecule has 4 nitrogen and oxygen atoms in total. The second kappa shape index (κ2) is 6.26. The van der Waals surface area contributed by atoms with Crippen LogP contribution in [-0.2, 0) is 4.79 Å². The van der Waals surface area contributed by atoms with Gasteiger partial charge in [-0.1, -0.05) is 6.07 Å². The van der Waals surface area contributed by atoms with Crippen LogP contribution in [0.15, 0.2) is 24.3 Å². The van der Waals surface area contributed by atoms with Crippen molar-refractivity contribution < 1.29 is 49.5 Å². The average Bonchev–Trinajstić information content (AvgIpc) is 2.15. The maximum atomic E-state index is 11.5. The Morgan fingerprint density at radius 1 is 1.47 bits per heavy atom. The molecule has 0 spiro atoms. The number of carbonyl (C=O) groups excluding carboxylic acids is 1. The number of hydrogen-bond donors (Lipinski definition) is 1. The topological polar surface area (TPSA) is 83.4 Å². The molecule has 0 aliphatic heterocycles. The third kappa shape index (κ3) is 3.93. The first-order chi connectivity index (χ1) is 6.52. The maximum absolute atomic E-state index is 11.5. The molecular formula is C9H8NaO4P. The molecular weight excluding hydrogens is 226 g/mol. The molecule has 0 radical (unpaired) electrons. The fourth-order valence-corrected chi connectivity index (χ4v) is 1.92. The second-order valence-corrected chi connectivity index (χ2v) is 4.46. The van der Waals surface area contributed by atoms with E-state index in [2.05, 4.69) is 0 Å². The maximum Gasteiger partial charge on any atom is 1.00 e. The van der Waals surface area contributed by atoms with E-state index in [4.69, 9.17) is 5.11 Å². The molecule has 1 unspecified atom stereocenters. The van der Waals surface area contributed by atoms with Crippen molar-refractivity contribution >= 4 is 24.3 Å². The number of aromatic hydroxyl groups is 1. The summed E-state index contributed by atoms with van der Waals surface area (Å²) in [5, 5.41) is 19.5. The van der Waals surface area contributed by atoms with E-state index in [1.807, 2.05) is 0 Å². The summed E-state index contributed by atoms with van der Waals surface area (Å²) in [5.41, 5.74) is 0. The van der Waals surface area contributed by atoms with Crippen LogP contribution in [0.5, 0.6) is 5.75 Å². The van der Waals surface area contributed by atoms with Crippen molar-refractivity contribution in [3.8, 4) is 5.75 Å². The van der Waals surface area contributed by atoms with Crippen molar-refractivity contribution in [2.45, 2.75) is 6.92 Å². The molecule has 1 rings (SSSR count). The third-order valence-corrected chi connectivity index (χ3v) is 3.20. The predicted octanol–water partition coefficient (Wildman–Crippen LogP) is -4.28. The molecule has 74 valence electrons. The SMILES string of the molecule is CC(C(=O)[O-])=[P+]([O-])c1cccc(O)c1.[Na+]. The van der Waals surface area contributed by atoms with Crippen LogP contribution in [0, 0.1) is 0 Å². The minimum absolute atomic E-state index is 0. The molecule has 15 heavy (non-hydrogen) atoms. The van der Waals surface area contributed by atoms with Gasteiger partial charge in [-0.05, 0) is 12.1 Å². The number of rotatable bonds is 2. The number of carbonyl (C=O) groups is 1. The Labute approximate surface area is 110 Å². The predicted molar refractivity (Wildman–Crippen MR) is 50.3 cm³/mol. The first-order valence-corrected chi connectivity index (χ1v) is 5.09. The molecule has 1 atom stereocenters. The Morgan fingerprint density at radius 2 is 2.07 bits per heavy atom. The second-order valence-electron chi connectivity index (χ2n) is 2.69. The number of carboxylic acid groups (broad SMARTS) is 1. The molecule has 0 aliphatic carbocycles. The number of benzene rings is 1. The first kappa shape index (κ1) is 14.6. The standard InChI is InChI=1S/C9H9O4P.Na/c1-6(9(11)12)14(13)8-4-2-3-7(10)5-8;/h2-5,10H,1H3,(H,11,12);/q;+1/p-1. The molecule has 6 heteroatoms. The van der Waals surface area contributed by atoms with Crippen LogP contribution in [0.4, 0.5) is 0 Å². The van der Waals surface area contributed by atoms with Crippen molar-refractivity contribution in [3.05, 3.63) is 24.3 Å². The van der Waals surface area contributed by atoms with Crippen molar-refractivity contribution in [2.24, 2.45) is 0 Å². The van der Waals surface area contributed by atoms with Crippen LogP contribution < -0.4 is 44.9 Å². The van der Waals surface area contributed by atoms with Gasteiger partial charge in [-0.15, -0.1) is 0 Å². The van der Waals surface area contributed by atoms with E-state index < -0.39 is 13.7 Å². The summed E-state index contributed by atoms with van der Waals surface area (Å²) in [7, 11) is -2.15. The van der Waals surface area contributed by atoms with Crippen molar-refractivity contribution in [3.63, 3.8) is 0 Å². The van der Waals surface area contributed by atoms with Gasteiger partial charge in [0, 0.05) is 13.0 Å². The van der Waals surface area contributed by atoms with Gasteiger partial charge in [-0.2, -0.15) is 0 Å². The van der Waals surface area contributed by atoms with Crippen molar-refractivity contribution in [1.82, 2.24) is 0 Å². The summed E-state index contributed by atoms with van der Waals surface area (Å²) in [6, 6.07) is 5.68. The van der Waals surface area contributed by atoms with Crippen LogP contribution in [0.2, 0.25) is 0 Å². The zero-order valence-corrected chi connectivity index (χ0v) is 11.3. The zero-order valence-electron chi connectivity index (χ0n) is 8.43. The molecule has 0 bridgehead atoms. The average molecular weight is 234 g/mol. The quantitative estimate of drug-likeness (QED) is 0.414. The molecule has 1 aromatic rings. The van der Waals surface area contributed by atoms with E-state index in [0.29, 0.717) is 0 Å². The zero-order chi connectivity index (χ0) is 10.7. The monoisotopic (exact) mass is 234 g/mol. The number of phenolic OH excluding ortho intramolecular Hbond substituents is 1. The molecule has 0 amide bonds. The number of carboxylic acids is 1. The van der Waals surface area contributed by atoms with Crippen LogP contribution in [0.1, 0.15) is 6.92 Å². The summed E-state index contributed by atoms with van der Waals surface area (Å²) in [5.74, 6) is -1.48. The molecule has 0 heterocycles. The van der Waals surface area contributed by atoms with E-state index in [9.17, 15) is 14.8 Å². The minimum Gasteiger partial charge on any atom is -0.626 e. The first-order valence-electron chi connectivity index (χ1n) is 3.83. The summed E-state index contributed by atoms with van der Waals surface area (Å²) in [4.78, 5) is 21.9. The van der Waals surface area contributed by atoms with Gasteiger partial charge in [0.1, 0.15) is 22.3 Å². The smallest absolute Gasteiger partial charge is 0.626 e. The summed E-state index contributed by atoms with van der Waals surface area (Å²) in [6.07, 6.45) is 0. The van der Waals surface area contributed by atoms with Crippen LogP contribution in [-0.4, -0.2) is 16.4 Å². The van der Waals surface area contributed by atoms with Crippen molar-refractivity contribution in [1.29, 1.82) is 0 Å². The largest absolute Gasteiger partial charge is 1.00 e. The summed E-state index contributed by atoms with van der Waals surface area (Å²) in [6.45, 7) is 1.23. The van der Waals surface area contributed by atoms with E-state index in [1.54, 1.807) is 0 Å². The van der Waals surface area contributed by atoms with E-state index in [0.717, 1.165) is 0 Å². The number of hydrogen-bond acceptors (Lipinski definition) is 4. The molecule has 0 saturated heterocycles. The Bertz CT molecular complexity index is 403.